The third-order valence-electron chi connectivity index (χ3n) is 5.19. The minimum atomic E-state index is -0.236. The zero-order valence-electron chi connectivity index (χ0n) is 14.0. The van der Waals surface area contributed by atoms with Crippen LogP contribution in [0.15, 0.2) is 18.2 Å². The Hall–Kier alpha value is -1.46. The minimum Gasteiger partial charge on any atom is -0.396 e. The molecule has 1 aliphatic rings. The van der Waals surface area contributed by atoms with Crippen molar-refractivity contribution in [3.8, 4) is 0 Å². The van der Waals surface area contributed by atoms with Crippen LogP contribution in [-0.4, -0.2) is 39.3 Å². The third-order valence-corrected chi connectivity index (χ3v) is 5.19. The van der Waals surface area contributed by atoms with Gasteiger partial charge in [0.05, 0.1) is 17.6 Å². The van der Waals surface area contributed by atoms with Gasteiger partial charge in [0.25, 0.3) is 0 Å². The van der Waals surface area contributed by atoms with E-state index in [0.717, 1.165) is 55.6 Å². The molecule has 1 aliphatic carbocycles. The van der Waals surface area contributed by atoms with Gasteiger partial charge >= 0.3 is 0 Å². The maximum absolute atomic E-state index is 13.4. The average Bonchev–Trinajstić information content (AvgIpc) is 2.90. The van der Waals surface area contributed by atoms with Crippen LogP contribution in [-0.2, 0) is 13.1 Å². The molecular formula is C18H26FN3O. The number of fused-ring (bicyclic) bond motifs is 1. The van der Waals surface area contributed by atoms with E-state index in [2.05, 4.69) is 28.4 Å². The van der Waals surface area contributed by atoms with Crippen molar-refractivity contribution in [2.75, 3.05) is 13.7 Å². The average molecular weight is 319 g/mol. The number of benzene rings is 1. The largest absolute Gasteiger partial charge is 0.396 e. The van der Waals surface area contributed by atoms with Gasteiger partial charge in [0.2, 0.25) is 0 Å². The zero-order chi connectivity index (χ0) is 16.4. The normalized spacial score (nSPS) is 22.1. The van der Waals surface area contributed by atoms with Crippen LogP contribution in [0.2, 0.25) is 0 Å². The van der Waals surface area contributed by atoms with Crippen LogP contribution in [0, 0.1) is 11.7 Å². The molecule has 23 heavy (non-hydrogen) atoms. The number of nitrogens with zero attached hydrogens (tertiary/aromatic N) is 3. The van der Waals surface area contributed by atoms with Crippen molar-refractivity contribution in [3.63, 3.8) is 0 Å². The summed E-state index contributed by atoms with van der Waals surface area (Å²) in [5, 5.41) is 9.26. The number of hydrogen-bond acceptors (Lipinski definition) is 3. The Bertz CT molecular complexity index is 662. The van der Waals surface area contributed by atoms with E-state index in [4.69, 9.17) is 0 Å². The number of imidazole rings is 1. The van der Waals surface area contributed by atoms with Gasteiger partial charge in [0.1, 0.15) is 11.6 Å². The minimum absolute atomic E-state index is 0.236. The molecule has 0 aliphatic heterocycles. The SMILES string of the molecule is CCn1c(CN(C)C2CCC(CO)CC2)nc2cc(F)ccc21. The topological polar surface area (TPSA) is 41.3 Å². The molecule has 3 rings (SSSR count). The first-order chi connectivity index (χ1) is 11.1. The van der Waals surface area contributed by atoms with E-state index in [1.54, 1.807) is 0 Å². The van der Waals surface area contributed by atoms with E-state index in [1.165, 1.54) is 12.1 Å². The van der Waals surface area contributed by atoms with Crippen molar-refractivity contribution in [3.05, 3.63) is 29.8 Å². The molecule has 0 spiro atoms. The Labute approximate surface area is 136 Å². The molecule has 1 fully saturated rings. The molecule has 0 unspecified atom stereocenters. The summed E-state index contributed by atoms with van der Waals surface area (Å²) in [7, 11) is 2.14. The lowest BCUT2D eigenvalue weighted by atomic mass is 9.86. The molecule has 5 heteroatoms. The lowest BCUT2D eigenvalue weighted by molar-refractivity contribution is 0.122. The number of aromatic nitrogens is 2. The Morgan fingerprint density at radius 1 is 1.30 bits per heavy atom. The number of halogens is 1. The molecule has 1 saturated carbocycles. The van der Waals surface area contributed by atoms with Crippen LogP contribution < -0.4 is 0 Å². The number of aliphatic hydroxyl groups excluding tert-OH is 1. The molecule has 1 heterocycles. The summed E-state index contributed by atoms with van der Waals surface area (Å²) < 4.78 is 15.6. The highest BCUT2D eigenvalue weighted by Gasteiger charge is 2.24. The van der Waals surface area contributed by atoms with Crippen LogP contribution in [0.1, 0.15) is 38.4 Å². The molecule has 1 aromatic carbocycles. The summed E-state index contributed by atoms with van der Waals surface area (Å²) >= 11 is 0. The number of aryl methyl sites for hydroxylation is 1. The quantitative estimate of drug-likeness (QED) is 0.920. The van der Waals surface area contributed by atoms with Crippen molar-refractivity contribution < 1.29 is 9.50 Å². The first kappa shape index (κ1) is 16.4. The summed E-state index contributed by atoms with van der Waals surface area (Å²) in [5.41, 5.74) is 1.74. The van der Waals surface area contributed by atoms with Crippen molar-refractivity contribution in [1.82, 2.24) is 14.5 Å². The highest BCUT2D eigenvalue weighted by molar-refractivity contribution is 5.76. The van der Waals surface area contributed by atoms with E-state index in [9.17, 15) is 9.50 Å². The Morgan fingerprint density at radius 3 is 2.70 bits per heavy atom. The molecule has 0 bridgehead atoms. The molecule has 2 aromatic rings. The van der Waals surface area contributed by atoms with Crippen LogP contribution in [0.5, 0.6) is 0 Å². The second-order valence-electron chi connectivity index (χ2n) is 6.68. The van der Waals surface area contributed by atoms with Gasteiger partial charge in [-0.15, -0.1) is 0 Å². The maximum Gasteiger partial charge on any atom is 0.125 e. The van der Waals surface area contributed by atoms with Gasteiger partial charge in [0.15, 0.2) is 0 Å². The summed E-state index contributed by atoms with van der Waals surface area (Å²) in [4.78, 5) is 7.01. The molecule has 0 amide bonds. The summed E-state index contributed by atoms with van der Waals surface area (Å²) in [5.74, 6) is 1.24. The Kier molecular flexibility index (Phi) is 4.97. The molecule has 0 radical (unpaired) electrons. The second kappa shape index (κ2) is 6.97. The number of aliphatic hydroxyl groups is 1. The molecule has 0 saturated heterocycles. The van der Waals surface area contributed by atoms with Gasteiger partial charge in [-0.2, -0.15) is 0 Å². The predicted molar refractivity (Wildman–Crippen MR) is 89.7 cm³/mol. The fraction of sp³-hybridized carbons (Fsp3) is 0.611. The van der Waals surface area contributed by atoms with E-state index in [0.29, 0.717) is 18.6 Å². The van der Waals surface area contributed by atoms with E-state index in [-0.39, 0.29) is 5.82 Å². The fourth-order valence-electron chi connectivity index (χ4n) is 3.75. The van der Waals surface area contributed by atoms with Gasteiger partial charge in [-0.3, -0.25) is 4.90 Å². The molecule has 0 atom stereocenters. The first-order valence-corrected chi connectivity index (χ1v) is 8.58. The van der Waals surface area contributed by atoms with Crippen molar-refractivity contribution >= 4 is 11.0 Å². The molecule has 126 valence electrons. The van der Waals surface area contributed by atoms with Crippen molar-refractivity contribution in [2.24, 2.45) is 5.92 Å². The molecule has 1 N–H and O–H groups in total. The lowest BCUT2D eigenvalue weighted by Gasteiger charge is -2.34. The molecular weight excluding hydrogens is 293 g/mol. The standard InChI is InChI=1S/C18H26FN3O/c1-3-22-17-9-6-14(19)10-16(17)20-18(22)11-21(2)15-7-4-13(12-23)5-8-15/h6,9-10,13,15,23H,3-5,7-8,11-12H2,1-2H3. The summed E-state index contributed by atoms with van der Waals surface area (Å²) in [6.45, 7) is 4.02. The molecule has 1 aromatic heterocycles. The Balaban J connectivity index is 1.75. The van der Waals surface area contributed by atoms with Crippen LogP contribution in [0.25, 0.3) is 11.0 Å². The smallest absolute Gasteiger partial charge is 0.125 e. The van der Waals surface area contributed by atoms with E-state index < -0.39 is 0 Å². The van der Waals surface area contributed by atoms with Crippen molar-refractivity contribution in [2.45, 2.75) is 51.7 Å². The van der Waals surface area contributed by atoms with Gasteiger partial charge in [-0.1, -0.05) is 0 Å². The number of hydrogen-bond donors (Lipinski definition) is 1. The van der Waals surface area contributed by atoms with Gasteiger partial charge in [-0.05, 0) is 57.7 Å². The van der Waals surface area contributed by atoms with E-state index in [1.807, 2.05) is 6.07 Å². The number of rotatable bonds is 5. The van der Waals surface area contributed by atoms with Crippen LogP contribution in [0.4, 0.5) is 4.39 Å². The Morgan fingerprint density at radius 2 is 2.04 bits per heavy atom. The third kappa shape index (κ3) is 3.40. The van der Waals surface area contributed by atoms with Gasteiger partial charge in [0, 0.05) is 25.3 Å². The maximum atomic E-state index is 13.4. The monoisotopic (exact) mass is 319 g/mol. The van der Waals surface area contributed by atoms with Crippen LogP contribution >= 0.6 is 0 Å². The van der Waals surface area contributed by atoms with Gasteiger partial charge < -0.3 is 9.67 Å². The first-order valence-electron chi connectivity index (χ1n) is 8.58. The fourth-order valence-corrected chi connectivity index (χ4v) is 3.75. The van der Waals surface area contributed by atoms with Crippen LogP contribution in [0.3, 0.4) is 0 Å². The van der Waals surface area contributed by atoms with E-state index >= 15 is 0 Å². The predicted octanol–water partition coefficient (Wildman–Crippen LogP) is 3.18. The van der Waals surface area contributed by atoms with Crippen molar-refractivity contribution in [1.29, 1.82) is 0 Å². The second-order valence-corrected chi connectivity index (χ2v) is 6.68. The summed E-state index contributed by atoms with van der Waals surface area (Å²) in [6, 6.07) is 5.37. The van der Waals surface area contributed by atoms with Gasteiger partial charge in [-0.25, -0.2) is 9.37 Å². The highest BCUT2D eigenvalue weighted by Crippen LogP contribution is 2.28. The zero-order valence-corrected chi connectivity index (χ0v) is 14.0. The molecule has 4 nitrogen and oxygen atoms in total. The summed E-state index contributed by atoms with van der Waals surface area (Å²) in [6.07, 6.45) is 4.45. The lowest BCUT2D eigenvalue weighted by Crippen LogP contribution is -2.36. The highest BCUT2D eigenvalue weighted by atomic mass is 19.1.